The third kappa shape index (κ3) is 3.26. The first-order valence-electron chi connectivity index (χ1n) is 7.42. The molecule has 0 aliphatic carbocycles. The topological polar surface area (TPSA) is 80.8 Å². The summed E-state index contributed by atoms with van der Waals surface area (Å²) in [5.41, 5.74) is 0.904. The molecule has 0 bridgehead atoms. The van der Waals surface area contributed by atoms with Crippen molar-refractivity contribution in [1.82, 2.24) is 15.2 Å². The number of hydrogen-bond donors (Lipinski definition) is 1. The minimum Gasteiger partial charge on any atom is -0.347 e. The SMILES string of the molecule is O=C(NCc1ccncc1)C(=O)N1CCC2(CC1)OCCO2. The summed E-state index contributed by atoms with van der Waals surface area (Å²) >= 11 is 0. The van der Waals surface area contributed by atoms with E-state index in [1.807, 2.05) is 0 Å². The zero-order chi connectivity index (χ0) is 15.4. The Bertz CT molecular complexity index is 533. The van der Waals surface area contributed by atoms with Crippen molar-refractivity contribution in [3.05, 3.63) is 30.1 Å². The molecule has 3 heterocycles. The van der Waals surface area contributed by atoms with E-state index in [9.17, 15) is 9.59 Å². The fraction of sp³-hybridized carbons (Fsp3) is 0.533. The molecule has 7 heteroatoms. The van der Waals surface area contributed by atoms with Gasteiger partial charge in [-0.25, -0.2) is 0 Å². The van der Waals surface area contributed by atoms with E-state index in [0.717, 1.165) is 5.56 Å². The van der Waals surface area contributed by atoms with E-state index in [-0.39, 0.29) is 0 Å². The zero-order valence-corrected chi connectivity index (χ0v) is 12.3. The highest BCUT2D eigenvalue weighted by Gasteiger charge is 2.41. The van der Waals surface area contributed by atoms with Crippen molar-refractivity contribution in [1.29, 1.82) is 0 Å². The third-order valence-electron chi connectivity index (χ3n) is 4.02. The maximum absolute atomic E-state index is 12.1. The van der Waals surface area contributed by atoms with Gasteiger partial charge in [0.05, 0.1) is 13.2 Å². The predicted octanol–water partition coefficient (Wildman–Crippen LogP) is 0.0633. The fourth-order valence-corrected chi connectivity index (χ4v) is 2.74. The van der Waals surface area contributed by atoms with Crippen LogP contribution in [0.3, 0.4) is 0 Å². The van der Waals surface area contributed by atoms with Gasteiger partial charge in [-0.1, -0.05) is 0 Å². The quantitative estimate of drug-likeness (QED) is 0.782. The van der Waals surface area contributed by atoms with Crippen LogP contribution in [-0.4, -0.2) is 53.8 Å². The van der Waals surface area contributed by atoms with Crippen LogP contribution in [-0.2, 0) is 25.6 Å². The number of rotatable bonds is 2. The van der Waals surface area contributed by atoms with Crippen LogP contribution >= 0.6 is 0 Å². The number of amides is 2. The standard InChI is InChI=1S/C15H19N3O4/c19-13(17-11-12-1-5-16-6-2-12)14(20)18-7-3-15(4-8-18)21-9-10-22-15/h1-2,5-6H,3-4,7-11H2,(H,17,19). The number of hydrogen-bond acceptors (Lipinski definition) is 5. The summed E-state index contributed by atoms with van der Waals surface area (Å²) in [6, 6.07) is 3.59. The monoisotopic (exact) mass is 305 g/mol. The Morgan fingerprint density at radius 1 is 1.18 bits per heavy atom. The molecule has 0 aromatic carbocycles. The molecule has 0 radical (unpaired) electrons. The average molecular weight is 305 g/mol. The van der Waals surface area contributed by atoms with Crippen LogP contribution in [0.1, 0.15) is 18.4 Å². The molecular weight excluding hydrogens is 286 g/mol. The molecule has 2 aliphatic heterocycles. The second-order valence-corrected chi connectivity index (χ2v) is 5.44. The van der Waals surface area contributed by atoms with Crippen LogP contribution in [0.5, 0.6) is 0 Å². The molecule has 1 spiro atoms. The Kier molecular flexibility index (Phi) is 4.35. The van der Waals surface area contributed by atoms with E-state index in [2.05, 4.69) is 10.3 Å². The lowest BCUT2D eigenvalue weighted by atomic mass is 10.0. The van der Waals surface area contributed by atoms with E-state index in [1.54, 1.807) is 29.4 Å². The Morgan fingerprint density at radius 2 is 1.82 bits per heavy atom. The van der Waals surface area contributed by atoms with Gasteiger partial charge in [0.2, 0.25) is 0 Å². The van der Waals surface area contributed by atoms with Crippen LogP contribution < -0.4 is 5.32 Å². The van der Waals surface area contributed by atoms with Gasteiger partial charge in [-0.2, -0.15) is 0 Å². The molecule has 2 fully saturated rings. The lowest BCUT2D eigenvalue weighted by Gasteiger charge is -2.37. The van der Waals surface area contributed by atoms with Crippen molar-refractivity contribution in [2.24, 2.45) is 0 Å². The number of pyridine rings is 1. The summed E-state index contributed by atoms with van der Waals surface area (Å²) in [6.45, 7) is 2.46. The van der Waals surface area contributed by atoms with Crippen LogP contribution in [0.4, 0.5) is 0 Å². The van der Waals surface area contributed by atoms with Gasteiger partial charge in [-0.05, 0) is 17.7 Å². The van der Waals surface area contributed by atoms with Crippen molar-refractivity contribution in [3.63, 3.8) is 0 Å². The molecule has 22 heavy (non-hydrogen) atoms. The molecule has 3 rings (SSSR count). The molecule has 118 valence electrons. The normalized spacial score (nSPS) is 20.1. The minimum atomic E-state index is -0.582. The Hall–Kier alpha value is -1.99. The van der Waals surface area contributed by atoms with E-state index >= 15 is 0 Å². The first kappa shape index (κ1) is 14.9. The largest absolute Gasteiger partial charge is 0.347 e. The molecule has 1 aromatic rings. The van der Waals surface area contributed by atoms with E-state index < -0.39 is 17.6 Å². The van der Waals surface area contributed by atoms with Gasteiger partial charge in [-0.3, -0.25) is 14.6 Å². The maximum atomic E-state index is 12.1. The second-order valence-electron chi connectivity index (χ2n) is 5.44. The molecule has 2 saturated heterocycles. The molecule has 2 aliphatic rings. The first-order chi connectivity index (χ1) is 10.7. The highest BCUT2D eigenvalue weighted by molar-refractivity contribution is 6.34. The molecule has 0 unspecified atom stereocenters. The Morgan fingerprint density at radius 3 is 2.45 bits per heavy atom. The molecule has 0 saturated carbocycles. The highest BCUT2D eigenvalue weighted by atomic mass is 16.7. The summed E-state index contributed by atoms with van der Waals surface area (Å²) in [5, 5.41) is 2.64. The van der Waals surface area contributed by atoms with E-state index in [1.165, 1.54) is 0 Å². The van der Waals surface area contributed by atoms with Gasteiger partial charge in [0, 0.05) is 44.9 Å². The minimum absolute atomic E-state index is 0.317. The van der Waals surface area contributed by atoms with Crippen molar-refractivity contribution >= 4 is 11.8 Å². The van der Waals surface area contributed by atoms with E-state index in [0.29, 0.717) is 45.7 Å². The molecule has 1 aromatic heterocycles. The summed E-state index contributed by atoms with van der Waals surface area (Å²) < 4.78 is 11.2. The van der Waals surface area contributed by atoms with Crippen molar-refractivity contribution in [2.75, 3.05) is 26.3 Å². The van der Waals surface area contributed by atoms with Crippen molar-refractivity contribution in [3.8, 4) is 0 Å². The second kappa shape index (κ2) is 6.41. The maximum Gasteiger partial charge on any atom is 0.311 e. The first-order valence-corrected chi connectivity index (χ1v) is 7.42. The van der Waals surface area contributed by atoms with Gasteiger partial charge < -0.3 is 19.7 Å². The summed E-state index contributed by atoms with van der Waals surface area (Å²) in [4.78, 5) is 29.5. The number of likely N-dealkylation sites (tertiary alicyclic amines) is 1. The van der Waals surface area contributed by atoms with Gasteiger partial charge in [-0.15, -0.1) is 0 Å². The number of carbonyl (C=O) groups excluding carboxylic acids is 2. The van der Waals surface area contributed by atoms with Crippen molar-refractivity contribution < 1.29 is 19.1 Å². The lowest BCUT2D eigenvalue weighted by molar-refractivity contribution is -0.188. The number of ether oxygens (including phenoxy) is 2. The molecular formula is C15H19N3O4. The summed E-state index contributed by atoms with van der Waals surface area (Å²) in [6.07, 6.45) is 4.51. The Labute approximate surface area is 128 Å². The zero-order valence-electron chi connectivity index (χ0n) is 12.3. The summed E-state index contributed by atoms with van der Waals surface area (Å²) in [5.74, 6) is -1.62. The summed E-state index contributed by atoms with van der Waals surface area (Å²) in [7, 11) is 0. The van der Waals surface area contributed by atoms with Crippen LogP contribution in [0.15, 0.2) is 24.5 Å². The highest BCUT2D eigenvalue weighted by Crippen LogP contribution is 2.31. The number of nitrogens with one attached hydrogen (secondary N) is 1. The number of piperidine rings is 1. The lowest BCUT2D eigenvalue weighted by Crippen LogP contribution is -2.51. The Balaban J connectivity index is 1.48. The van der Waals surface area contributed by atoms with Crippen LogP contribution in [0.25, 0.3) is 0 Å². The van der Waals surface area contributed by atoms with Gasteiger partial charge in [0.15, 0.2) is 5.79 Å². The molecule has 7 nitrogen and oxygen atoms in total. The third-order valence-corrected chi connectivity index (χ3v) is 4.02. The number of carbonyl (C=O) groups is 2. The fourth-order valence-electron chi connectivity index (χ4n) is 2.74. The smallest absolute Gasteiger partial charge is 0.311 e. The molecule has 2 amide bonds. The van der Waals surface area contributed by atoms with Crippen LogP contribution in [0.2, 0.25) is 0 Å². The van der Waals surface area contributed by atoms with Gasteiger partial charge in [0.25, 0.3) is 0 Å². The van der Waals surface area contributed by atoms with Gasteiger partial charge >= 0.3 is 11.8 Å². The van der Waals surface area contributed by atoms with Crippen LogP contribution in [0, 0.1) is 0 Å². The number of aromatic nitrogens is 1. The molecule has 1 N–H and O–H groups in total. The molecule has 0 atom stereocenters. The average Bonchev–Trinajstić information content (AvgIpc) is 3.02. The van der Waals surface area contributed by atoms with Gasteiger partial charge in [0.1, 0.15) is 0 Å². The van der Waals surface area contributed by atoms with E-state index in [4.69, 9.17) is 9.47 Å². The number of nitrogens with zero attached hydrogens (tertiary/aromatic N) is 2. The predicted molar refractivity (Wildman–Crippen MR) is 76.5 cm³/mol. The van der Waals surface area contributed by atoms with Crippen molar-refractivity contribution in [2.45, 2.75) is 25.2 Å².